The number of likely N-dealkylation sites (N-methyl/N-ethyl adjacent to an activating group) is 1. The number of aromatic nitrogens is 4. The van der Waals surface area contributed by atoms with Gasteiger partial charge in [0.25, 0.3) is 0 Å². The van der Waals surface area contributed by atoms with E-state index in [4.69, 9.17) is 9.47 Å². The zero-order valence-electron chi connectivity index (χ0n) is 14.4. The number of nitrogens with zero attached hydrogens (tertiary/aromatic N) is 4. The Morgan fingerprint density at radius 3 is 2.67 bits per heavy atom. The predicted octanol–water partition coefficient (Wildman–Crippen LogP) is 1.41. The van der Waals surface area contributed by atoms with Crippen LogP contribution in [0.2, 0.25) is 0 Å². The van der Waals surface area contributed by atoms with E-state index in [1.807, 2.05) is 25.1 Å². The summed E-state index contributed by atoms with van der Waals surface area (Å²) < 4.78 is 10.5. The van der Waals surface area contributed by atoms with Crippen LogP contribution in [-0.2, 0) is 11.2 Å². The smallest absolute Gasteiger partial charge is 0.222 e. The summed E-state index contributed by atoms with van der Waals surface area (Å²) >= 11 is 0. The molecule has 0 saturated heterocycles. The zero-order chi connectivity index (χ0) is 17.5. The molecule has 1 N–H and O–H groups in total. The standard InChI is InChI=1S/C16H23N5O3/c1-11(16-17-19-20-18-16)10-21(2)15(22)8-6-12-5-7-13(23-3)14(9-12)24-4/h5,7,9,11H,6,8,10H2,1-4H3,(H,17,18,19,20)/t11-/m0/s1. The number of rotatable bonds is 8. The highest BCUT2D eigenvalue weighted by molar-refractivity contribution is 5.76. The molecule has 0 spiro atoms. The molecule has 1 amide bonds. The number of hydrogen-bond acceptors (Lipinski definition) is 6. The van der Waals surface area contributed by atoms with E-state index in [0.717, 1.165) is 5.56 Å². The number of carbonyl (C=O) groups is 1. The van der Waals surface area contributed by atoms with E-state index in [1.54, 1.807) is 26.2 Å². The second-order valence-corrected chi connectivity index (χ2v) is 5.63. The molecular formula is C16H23N5O3. The average molecular weight is 333 g/mol. The molecule has 2 aromatic rings. The molecule has 24 heavy (non-hydrogen) atoms. The normalized spacial score (nSPS) is 11.8. The fraction of sp³-hybridized carbons (Fsp3) is 0.500. The summed E-state index contributed by atoms with van der Waals surface area (Å²) in [6, 6.07) is 5.69. The van der Waals surface area contributed by atoms with Gasteiger partial charge in [-0.25, -0.2) is 0 Å². The van der Waals surface area contributed by atoms with Crippen LogP contribution in [-0.4, -0.2) is 59.2 Å². The number of benzene rings is 1. The molecule has 0 fully saturated rings. The second-order valence-electron chi connectivity index (χ2n) is 5.63. The molecule has 0 aliphatic carbocycles. The van der Waals surface area contributed by atoms with Crippen LogP contribution in [0.5, 0.6) is 11.5 Å². The monoisotopic (exact) mass is 333 g/mol. The van der Waals surface area contributed by atoms with Crippen molar-refractivity contribution in [3.05, 3.63) is 29.6 Å². The number of methoxy groups -OCH3 is 2. The SMILES string of the molecule is COc1ccc(CCC(=O)N(C)C[C@H](C)c2nn[nH]n2)cc1OC. The summed E-state index contributed by atoms with van der Waals surface area (Å²) in [4.78, 5) is 14.0. The Kier molecular flexibility index (Phi) is 6.11. The van der Waals surface area contributed by atoms with Gasteiger partial charge in [0.1, 0.15) is 0 Å². The van der Waals surface area contributed by atoms with Crippen LogP contribution in [0.25, 0.3) is 0 Å². The third-order valence-electron chi connectivity index (χ3n) is 3.85. The largest absolute Gasteiger partial charge is 0.493 e. The highest BCUT2D eigenvalue weighted by atomic mass is 16.5. The molecule has 8 heteroatoms. The minimum Gasteiger partial charge on any atom is -0.493 e. The van der Waals surface area contributed by atoms with Gasteiger partial charge in [-0.15, -0.1) is 10.2 Å². The molecule has 2 rings (SSSR count). The lowest BCUT2D eigenvalue weighted by atomic mass is 10.1. The van der Waals surface area contributed by atoms with Gasteiger partial charge in [0, 0.05) is 25.9 Å². The molecular weight excluding hydrogens is 310 g/mol. The molecule has 1 aromatic heterocycles. The highest BCUT2D eigenvalue weighted by Crippen LogP contribution is 2.28. The Labute approximate surface area is 141 Å². The van der Waals surface area contributed by atoms with Crippen LogP contribution in [0, 0.1) is 0 Å². The summed E-state index contributed by atoms with van der Waals surface area (Å²) in [5.41, 5.74) is 1.03. The van der Waals surface area contributed by atoms with Crippen molar-refractivity contribution in [2.75, 3.05) is 27.8 Å². The summed E-state index contributed by atoms with van der Waals surface area (Å²) in [7, 11) is 4.98. The van der Waals surface area contributed by atoms with Crippen molar-refractivity contribution in [2.45, 2.75) is 25.7 Å². The topological polar surface area (TPSA) is 93.2 Å². The number of carbonyl (C=O) groups excluding carboxylic acids is 1. The summed E-state index contributed by atoms with van der Waals surface area (Å²) in [6.07, 6.45) is 1.06. The van der Waals surface area contributed by atoms with E-state index in [1.165, 1.54) is 0 Å². The Morgan fingerprint density at radius 2 is 2.04 bits per heavy atom. The van der Waals surface area contributed by atoms with E-state index in [0.29, 0.717) is 36.7 Å². The number of amides is 1. The van der Waals surface area contributed by atoms with E-state index >= 15 is 0 Å². The third-order valence-corrected chi connectivity index (χ3v) is 3.85. The number of aryl methyl sites for hydroxylation is 1. The molecule has 1 atom stereocenters. The van der Waals surface area contributed by atoms with Crippen LogP contribution in [0.15, 0.2) is 18.2 Å². The summed E-state index contributed by atoms with van der Waals surface area (Å²) in [6.45, 7) is 2.51. The molecule has 1 aromatic carbocycles. The number of nitrogens with one attached hydrogen (secondary N) is 1. The summed E-state index contributed by atoms with van der Waals surface area (Å²) in [5, 5.41) is 13.9. The van der Waals surface area contributed by atoms with Crippen LogP contribution in [0.4, 0.5) is 0 Å². The lowest BCUT2D eigenvalue weighted by molar-refractivity contribution is -0.130. The first-order valence-electron chi connectivity index (χ1n) is 7.73. The fourth-order valence-electron chi connectivity index (χ4n) is 2.45. The van der Waals surface area contributed by atoms with E-state index in [2.05, 4.69) is 20.6 Å². The minimum atomic E-state index is 0.0266. The van der Waals surface area contributed by atoms with Gasteiger partial charge in [-0.1, -0.05) is 18.2 Å². The van der Waals surface area contributed by atoms with Gasteiger partial charge >= 0.3 is 0 Å². The Morgan fingerprint density at radius 1 is 1.29 bits per heavy atom. The molecule has 1 heterocycles. The number of ether oxygens (including phenoxy) is 2. The highest BCUT2D eigenvalue weighted by Gasteiger charge is 2.17. The molecule has 0 saturated carbocycles. The third kappa shape index (κ3) is 4.43. The first-order chi connectivity index (χ1) is 11.5. The first kappa shape index (κ1) is 17.7. The van der Waals surface area contributed by atoms with Crippen molar-refractivity contribution in [1.82, 2.24) is 25.5 Å². The van der Waals surface area contributed by atoms with Crippen molar-refractivity contribution < 1.29 is 14.3 Å². The van der Waals surface area contributed by atoms with Crippen LogP contribution < -0.4 is 9.47 Å². The van der Waals surface area contributed by atoms with E-state index in [-0.39, 0.29) is 11.8 Å². The number of tetrazole rings is 1. The maximum atomic E-state index is 12.3. The molecule has 0 unspecified atom stereocenters. The van der Waals surface area contributed by atoms with Crippen molar-refractivity contribution in [2.24, 2.45) is 0 Å². The summed E-state index contributed by atoms with van der Waals surface area (Å²) in [5.74, 6) is 2.05. The maximum Gasteiger partial charge on any atom is 0.222 e. The average Bonchev–Trinajstić information content (AvgIpc) is 3.13. The van der Waals surface area contributed by atoms with Crippen LogP contribution in [0.1, 0.15) is 30.7 Å². The second kappa shape index (κ2) is 8.28. The minimum absolute atomic E-state index is 0.0266. The van der Waals surface area contributed by atoms with Crippen molar-refractivity contribution in [3.63, 3.8) is 0 Å². The Balaban J connectivity index is 1.88. The quantitative estimate of drug-likeness (QED) is 0.785. The Bertz CT molecular complexity index is 660. The number of hydrogen-bond donors (Lipinski definition) is 1. The fourth-order valence-corrected chi connectivity index (χ4v) is 2.45. The van der Waals surface area contributed by atoms with Crippen LogP contribution in [0.3, 0.4) is 0 Å². The zero-order valence-corrected chi connectivity index (χ0v) is 14.4. The molecule has 0 radical (unpaired) electrons. The van der Waals surface area contributed by atoms with Crippen molar-refractivity contribution in [1.29, 1.82) is 0 Å². The van der Waals surface area contributed by atoms with Gasteiger partial charge < -0.3 is 14.4 Å². The lowest BCUT2D eigenvalue weighted by Crippen LogP contribution is -2.30. The van der Waals surface area contributed by atoms with Gasteiger partial charge in [0.15, 0.2) is 17.3 Å². The number of H-pyrrole nitrogens is 1. The van der Waals surface area contributed by atoms with Crippen LogP contribution >= 0.6 is 0 Å². The predicted molar refractivity (Wildman–Crippen MR) is 88.1 cm³/mol. The lowest BCUT2D eigenvalue weighted by Gasteiger charge is -2.20. The van der Waals surface area contributed by atoms with E-state index < -0.39 is 0 Å². The molecule has 0 bridgehead atoms. The van der Waals surface area contributed by atoms with Gasteiger partial charge in [-0.3, -0.25) is 4.79 Å². The molecule has 8 nitrogen and oxygen atoms in total. The Hall–Kier alpha value is -2.64. The van der Waals surface area contributed by atoms with Gasteiger partial charge in [-0.05, 0) is 24.1 Å². The maximum absolute atomic E-state index is 12.3. The number of aromatic amines is 1. The van der Waals surface area contributed by atoms with Gasteiger partial charge in [-0.2, -0.15) is 5.21 Å². The van der Waals surface area contributed by atoms with Crippen molar-refractivity contribution >= 4 is 5.91 Å². The first-order valence-corrected chi connectivity index (χ1v) is 7.73. The van der Waals surface area contributed by atoms with Gasteiger partial charge in [0.2, 0.25) is 5.91 Å². The van der Waals surface area contributed by atoms with Crippen molar-refractivity contribution in [3.8, 4) is 11.5 Å². The molecule has 0 aliphatic heterocycles. The molecule has 0 aliphatic rings. The van der Waals surface area contributed by atoms with E-state index in [9.17, 15) is 4.79 Å². The van der Waals surface area contributed by atoms with Gasteiger partial charge in [0.05, 0.1) is 14.2 Å². The molecule has 130 valence electrons.